The van der Waals surface area contributed by atoms with Crippen molar-refractivity contribution in [1.82, 2.24) is 20.4 Å². The summed E-state index contributed by atoms with van der Waals surface area (Å²) in [5.74, 6) is 0.0246. The van der Waals surface area contributed by atoms with Gasteiger partial charge < -0.3 is 10.6 Å². The van der Waals surface area contributed by atoms with Crippen molar-refractivity contribution in [2.45, 2.75) is 25.3 Å². The average Bonchev–Trinajstić information content (AvgIpc) is 3.13. The second-order valence-electron chi connectivity index (χ2n) is 7.08. The lowest BCUT2D eigenvalue weighted by molar-refractivity contribution is -0.121. The van der Waals surface area contributed by atoms with E-state index in [2.05, 4.69) is 10.6 Å². The molecule has 5 nitrogen and oxygen atoms in total. The standard InChI is InChI=1S/C22H23ClN4O.ClH/c23-18-10-8-16(9-11-18)22-17(13-21(28)25-19-5-4-12-24-14-19)15-27(26-22)20-6-2-1-3-7-20;/h1-3,6-11,15,19,24H,4-5,12-14H2,(H,25,28);1H. The van der Waals surface area contributed by atoms with E-state index >= 15 is 0 Å². The number of nitrogens with zero attached hydrogens (tertiary/aromatic N) is 2. The van der Waals surface area contributed by atoms with Gasteiger partial charge in [-0.05, 0) is 43.7 Å². The lowest BCUT2D eigenvalue weighted by atomic mass is 10.0. The van der Waals surface area contributed by atoms with Crippen LogP contribution in [0.4, 0.5) is 0 Å². The van der Waals surface area contributed by atoms with Crippen molar-refractivity contribution in [1.29, 1.82) is 0 Å². The first-order chi connectivity index (χ1) is 13.7. The molecule has 1 aromatic heterocycles. The Kier molecular flexibility index (Phi) is 7.31. The molecule has 2 N–H and O–H groups in total. The molecule has 0 bridgehead atoms. The van der Waals surface area contributed by atoms with Crippen molar-refractivity contribution in [3.8, 4) is 16.9 Å². The van der Waals surface area contributed by atoms with E-state index in [0.29, 0.717) is 11.4 Å². The summed E-state index contributed by atoms with van der Waals surface area (Å²) in [4.78, 5) is 12.7. The highest BCUT2D eigenvalue weighted by Gasteiger charge is 2.19. The van der Waals surface area contributed by atoms with Gasteiger partial charge in [-0.3, -0.25) is 4.79 Å². The van der Waals surface area contributed by atoms with Crippen LogP contribution >= 0.6 is 24.0 Å². The van der Waals surface area contributed by atoms with Crippen LogP contribution < -0.4 is 10.6 Å². The number of para-hydroxylation sites is 1. The maximum atomic E-state index is 12.7. The van der Waals surface area contributed by atoms with E-state index in [-0.39, 0.29) is 24.4 Å². The first-order valence-corrected chi connectivity index (χ1v) is 9.97. The third kappa shape index (κ3) is 5.38. The second-order valence-corrected chi connectivity index (χ2v) is 7.51. The molecule has 7 heteroatoms. The summed E-state index contributed by atoms with van der Waals surface area (Å²) in [6.07, 6.45) is 4.35. The molecule has 2 aromatic carbocycles. The SMILES string of the molecule is Cl.O=C(Cc1cn(-c2ccccc2)nc1-c1ccc(Cl)cc1)NC1CCCNC1. The molecule has 29 heavy (non-hydrogen) atoms. The lowest BCUT2D eigenvalue weighted by Gasteiger charge is -2.23. The Morgan fingerprint density at radius 3 is 2.62 bits per heavy atom. The van der Waals surface area contributed by atoms with Crippen molar-refractivity contribution in [3.63, 3.8) is 0 Å². The van der Waals surface area contributed by atoms with E-state index in [4.69, 9.17) is 16.7 Å². The predicted octanol–water partition coefficient (Wildman–Crippen LogP) is 4.03. The molecule has 0 spiro atoms. The van der Waals surface area contributed by atoms with Crippen LogP contribution in [0.3, 0.4) is 0 Å². The van der Waals surface area contributed by atoms with E-state index in [1.54, 1.807) is 0 Å². The first kappa shape index (κ1) is 21.4. The average molecular weight is 431 g/mol. The summed E-state index contributed by atoms with van der Waals surface area (Å²) in [6, 6.07) is 17.7. The Bertz CT molecular complexity index is 935. The van der Waals surface area contributed by atoms with Crippen molar-refractivity contribution < 1.29 is 4.79 Å². The van der Waals surface area contributed by atoms with Crippen LogP contribution in [0.1, 0.15) is 18.4 Å². The summed E-state index contributed by atoms with van der Waals surface area (Å²) in [5, 5.41) is 11.9. The molecule has 0 radical (unpaired) electrons. The number of amides is 1. The number of piperidine rings is 1. The van der Waals surface area contributed by atoms with E-state index in [9.17, 15) is 4.79 Å². The van der Waals surface area contributed by atoms with E-state index < -0.39 is 0 Å². The Hall–Kier alpha value is -2.34. The number of benzene rings is 2. The van der Waals surface area contributed by atoms with Crippen molar-refractivity contribution in [3.05, 3.63) is 71.4 Å². The summed E-state index contributed by atoms with van der Waals surface area (Å²) >= 11 is 6.04. The van der Waals surface area contributed by atoms with Gasteiger partial charge in [0.05, 0.1) is 17.8 Å². The van der Waals surface area contributed by atoms with Crippen LogP contribution in [0.15, 0.2) is 60.8 Å². The summed E-state index contributed by atoms with van der Waals surface area (Å²) in [7, 11) is 0. The van der Waals surface area contributed by atoms with Gasteiger partial charge in [-0.15, -0.1) is 12.4 Å². The molecule has 0 aliphatic carbocycles. The molecular formula is C22H24Cl2N4O. The van der Waals surface area contributed by atoms with Crippen LogP contribution in [0.5, 0.6) is 0 Å². The quantitative estimate of drug-likeness (QED) is 0.642. The maximum absolute atomic E-state index is 12.7. The van der Waals surface area contributed by atoms with Crippen molar-refractivity contribution in [2.75, 3.05) is 13.1 Å². The molecule has 152 valence electrons. The third-order valence-electron chi connectivity index (χ3n) is 4.94. The largest absolute Gasteiger partial charge is 0.352 e. The fraction of sp³-hybridized carbons (Fsp3) is 0.273. The Balaban J connectivity index is 0.00000240. The minimum atomic E-state index is 0. The molecule has 2 heterocycles. The second kappa shape index (κ2) is 9.92. The molecule has 1 aliphatic heterocycles. The summed E-state index contributed by atoms with van der Waals surface area (Å²) in [6.45, 7) is 1.86. The third-order valence-corrected chi connectivity index (χ3v) is 5.19. The number of halogens is 2. The van der Waals surface area contributed by atoms with Crippen LogP contribution in [-0.4, -0.2) is 34.8 Å². The van der Waals surface area contributed by atoms with E-state index in [1.165, 1.54) is 0 Å². The Morgan fingerprint density at radius 2 is 1.93 bits per heavy atom. The van der Waals surface area contributed by atoms with Crippen molar-refractivity contribution >= 4 is 29.9 Å². The minimum Gasteiger partial charge on any atom is -0.352 e. The number of aromatic nitrogens is 2. The highest BCUT2D eigenvalue weighted by Crippen LogP contribution is 2.25. The molecule has 0 saturated carbocycles. The predicted molar refractivity (Wildman–Crippen MR) is 119 cm³/mol. The highest BCUT2D eigenvalue weighted by molar-refractivity contribution is 6.30. The molecule has 1 amide bonds. The monoisotopic (exact) mass is 430 g/mol. The number of hydrogen-bond donors (Lipinski definition) is 2. The zero-order valence-corrected chi connectivity index (χ0v) is 17.5. The number of carbonyl (C=O) groups excluding carboxylic acids is 1. The van der Waals surface area contributed by atoms with Gasteiger partial charge in [-0.2, -0.15) is 5.10 Å². The fourth-order valence-corrected chi connectivity index (χ4v) is 3.66. The van der Waals surface area contributed by atoms with Crippen LogP contribution in [0.25, 0.3) is 16.9 Å². The Morgan fingerprint density at radius 1 is 1.17 bits per heavy atom. The first-order valence-electron chi connectivity index (χ1n) is 9.59. The van der Waals surface area contributed by atoms with Gasteiger partial charge in [0.25, 0.3) is 0 Å². The molecule has 1 fully saturated rings. The van der Waals surface area contributed by atoms with Gasteiger partial charge in [0.15, 0.2) is 0 Å². The van der Waals surface area contributed by atoms with Gasteiger partial charge in [0.2, 0.25) is 5.91 Å². The van der Waals surface area contributed by atoms with Crippen LogP contribution in [0, 0.1) is 0 Å². The summed E-state index contributed by atoms with van der Waals surface area (Å²) < 4.78 is 1.83. The van der Waals surface area contributed by atoms with Crippen molar-refractivity contribution in [2.24, 2.45) is 0 Å². The zero-order chi connectivity index (χ0) is 19.3. The smallest absolute Gasteiger partial charge is 0.224 e. The number of nitrogens with one attached hydrogen (secondary N) is 2. The molecule has 1 unspecified atom stereocenters. The summed E-state index contributed by atoms with van der Waals surface area (Å²) in [5.41, 5.74) is 3.60. The zero-order valence-electron chi connectivity index (χ0n) is 16.0. The topological polar surface area (TPSA) is 59.0 Å². The fourth-order valence-electron chi connectivity index (χ4n) is 3.53. The Labute approximate surface area is 181 Å². The molecule has 3 aromatic rings. The molecule has 4 rings (SSSR count). The molecule has 1 saturated heterocycles. The maximum Gasteiger partial charge on any atom is 0.224 e. The highest BCUT2D eigenvalue weighted by atomic mass is 35.5. The number of hydrogen-bond acceptors (Lipinski definition) is 3. The molecule has 1 aliphatic rings. The number of carbonyl (C=O) groups is 1. The normalized spacial score (nSPS) is 16.1. The van der Waals surface area contributed by atoms with Crippen LogP contribution in [0.2, 0.25) is 5.02 Å². The lowest BCUT2D eigenvalue weighted by Crippen LogP contribution is -2.46. The van der Waals surface area contributed by atoms with E-state index in [0.717, 1.165) is 48.4 Å². The van der Waals surface area contributed by atoms with Crippen LogP contribution in [-0.2, 0) is 11.2 Å². The van der Waals surface area contributed by atoms with E-state index in [1.807, 2.05) is 65.5 Å². The number of rotatable bonds is 5. The molecule has 1 atom stereocenters. The van der Waals surface area contributed by atoms with Gasteiger partial charge >= 0.3 is 0 Å². The van der Waals surface area contributed by atoms with Gasteiger partial charge in [-0.25, -0.2) is 4.68 Å². The van der Waals surface area contributed by atoms with Gasteiger partial charge in [0, 0.05) is 34.9 Å². The minimum absolute atomic E-state index is 0. The van der Waals surface area contributed by atoms with Gasteiger partial charge in [0.1, 0.15) is 0 Å². The van der Waals surface area contributed by atoms with Gasteiger partial charge in [-0.1, -0.05) is 41.9 Å². The molecular weight excluding hydrogens is 407 g/mol.